The molecule has 2 heterocycles. The summed E-state index contributed by atoms with van der Waals surface area (Å²) in [5, 5.41) is 0. The van der Waals surface area contributed by atoms with Crippen molar-refractivity contribution in [2.75, 3.05) is 19.8 Å². The largest absolute Gasteiger partial charge is 0.463 e. The number of fused-ring (bicyclic) bond motifs is 2. The smallest absolute Gasteiger partial charge is 0.311 e. The van der Waals surface area contributed by atoms with Gasteiger partial charge in [-0.3, -0.25) is 9.69 Å². The third-order valence-electron chi connectivity index (χ3n) is 5.57. The lowest BCUT2D eigenvalue weighted by Gasteiger charge is -2.43. The standard InChI is InChI=1S/C20H25FINO2/c1-14-3-5-15(6-4-14)17-13-16-7-8-18(23(16)11-2-10-22)19(17)20(24)25-12-9-21/h2-6,10,16-19H,7-9,11-13H2,1H3/b10-2+/i21-1. The molecule has 0 N–H and O–H groups in total. The summed E-state index contributed by atoms with van der Waals surface area (Å²) in [6.45, 7) is 2.17. The molecule has 2 aliphatic heterocycles. The predicted octanol–water partition coefficient (Wildman–Crippen LogP) is 4.39. The van der Waals surface area contributed by atoms with Crippen LogP contribution < -0.4 is 0 Å². The number of carbonyl (C=O) groups excluding carboxylic acids is 1. The van der Waals surface area contributed by atoms with Gasteiger partial charge in [0, 0.05) is 24.5 Å². The minimum absolute atomic E-state index is 0.139. The van der Waals surface area contributed by atoms with Crippen LogP contribution in [0.15, 0.2) is 34.4 Å². The summed E-state index contributed by atoms with van der Waals surface area (Å²) >= 11 is 2.23. The van der Waals surface area contributed by atoms with Crippen molar-refractivity contribution < 1.29 is 13.9 Å². The fourth-order valence-electron chi connectivity index (χ4n) is 4.47. The first-order chi connectivity index (χ1) is 12.2. The Hall–Kier alpha value is -0.950. The van der Waals surface area contributed by atoms with E-state index in [-0.39, 0.29) is 30.5 Å². The van der Waals surface area contributed by atoms with Crippen LogP contribution in [0.1, 0.15) is 36.3 Å². The third-order valence-corrected chi connectivity index (χ3v) is 6.08. The van der Waals surface area contributed by atoms with Crippen LogP contribution in [-0.4, -0.2) is 42.8 Å². The Balaban J connectivity index is 1.88. The van der Waals surface area contributed by atoms with Gasteiger partial charge in [0.25, 0.3) is 0 Å². The van der Waals surface area contributed by atoms with Gasteiger partial charge in [-0.15, -0.1) is 0 Å². The van der Waals surface area contributed by atoms with Crippen molar-refractivity contribution in [2.24, 2.45) is 5.92 Å². The third kappa shape index (κ3) is 4.08. The van der Waals surface area contributed by atoms with Crippen molar-refractivity contribution in [1.29, 1.82) is 0 Å². The molecule has 1 aromatic rings. The summed E-state index contributed by atoms with van der Waals surface area (Å²) < 4.78 is 19.8. The number of alkyl halides is 1. The molecular weight excluding hydrogens is 431 g/mol. The summed E-state index contributed by atoms with van der Waals surface area (Å²) in [6.07, 6.45) is 5.23. The van der Waals surface area contributed by atoms with Gasteiger partial charge in [-0.1, -0.05) is 58.5 Å². The Bertz CT molecular complexity index is 619. The Kier molecular flexibility index (Phi) is 6.49. The van der Waals surface area contributed by atoms with Crippen LogP contribution in [0, 0.1) is 12.8 Å². The summed E-state index contributed by atoms with van der Waals surface area (Å²) in [7, 11) is 0. The molecule has 136 valence electrons. The van der Waals surface area contributed by atoms with Gasteiger partial charge < -0.3 is 4.74 Å². The molecule has 3 rings (SSSR count). The van der Waals surface area contributed by atoms with Crippen LogP contribution in [0.2, 0.25) is 0 Å². The number of benzene rings is 1. The molecule has 0 spiro atoms. The molecule has 0 aromatic heterocycles. The van der Waals surface area contributed by atoms with Crippen LogP contribution in [0.4, 0.5) is 4.39 Å². The van der Waals surface area contributed by atoms with Crippen LogP contribution in [0.25, 0.3) is 0 Å². The predicted molar refractivity (Wildman–Crippen MR) is 106 cm³/mol. The van der Waals surface area contributed by atoms with Crippen molar-refractivity contribution in [3.8, 4) is 0 Å². The highest BCUT2D eigenvalue weighted by Gasteiger charge is 2.50. The van der Waals surface area contributed by atoms with Gasteiger partial charge >= 0.3 is 5.97 Å². The molecule has 2 saturated heterocycles. The number of carbonyl (C=O) groups is 1. The fourth-order valence-corrected chi connectivity index (χ4v) is 4.70. The lowest BCUT2D eigenvalue weighted by atomic mass is 9.76. The van der Waals surface area contributed by atoms with Crippen LogP contribution in [0.3, 0.4) is 0 Å². The highest BCUT2D eigenvalue weighted by Crippen LogP contribution is 2.47. The number of ether oxygens (including phenoxy) is 1. The molecule has 0 amide bonds. The first-order valence-corrected chi connectivity index (χ1v) is 10.2. The highest BCUT2D eigenvalue weighted by atomic mass is 127. The maximum absolute atomic E-state index is 12.8. The second-order valence-electron chi connectivity index (χ2n) is 6.99. The Labute approximate surface area is 162 Å². The van der Waals surface area contributed by atoms with E-state index in [4.69, 9.17) is 4.74 Å². The first-order valence-electron chi connectivity index (χ1n) is 8.95. The van der Waals surface area contributed by atoms with E-state index in [0.717, 1.165) is 25.8 Å². The highest BCUT2D eigenvalue weighted by molar-refractivity contribution is 14.1. The molecule has 2 bridgehead atoms. The zero-order valence-corrected chi connectivity index (χ0v) is 16.7. The number of halogens is 2. The lowest BCUT2D eigenvalue weighted by molar-refractivity contribution is -0.154. The molecule has 25 heavy (non-hydrogen) atoms. The molecule has 0 aliphatic carbocycles. The van der Waals surface area contributed by atoms with E-state index >= 15 is 0 Å². The second kappa shape index (κ2) is 8.62. The zero-order valence-electron chi connectivity index (χ0n) is 14.5. The first kappa shape index (κ1) is 18.8. The van der Waals surface area contributed by atoms with E-state index in [0.29, 0.717) is 6.04 Å². The van der Waals surface area contributed by atoms with Crippen LogP contribution >= 0.6 is 22.6 Å². The molecule has 4 atom stereocenters. The number of piperidine rings is 1. The number of nitrogens with zero attached hydrogens (tertiary/aromatic N) is 1. The number of aryl methyl sites for hydroxylation is 1. The maximum atomic E-state index is 12.8. The van der Waals surface area contributed by atoms with E-state index < -0.39 is 6.67 Å². The number of hydrogen-bond donors (Lipinski definition) is 0. The minimum Gasteiger partial charge on any atom is -0.463 e. The molecule has 3 nitrogen and oxygen atoms in total. The van der Waals surface area contributed by atoms with E-state index in [2.05, 4.69) is 64.8 Å². The Morgan fingerprint density at radius 3 is 2.80 bits per heavy atom. The van der Waals surface area contributed by atoms with Gasteiger partial charge in [0.2, 0.25) is 0 Å². The van der Waals surface area contributed by atoms with Crippen molar-refractivity contribution in [1.82, 2.24) is 4.90 Å². The number of rotatable bonds is 6. The van der Waals surface area contributed by atoms with Gasteiger partial charge in [0.05, 0.1) is 5.92 Å². The maximum Gasteiger partial charge on any atom is 0.311 e. The second-order valence-corrected chi connectivity index (χ2v) is 7.71. The van der Waals surface area contributed by atoms with Gasteiger partial charge in [0.1, 0.15) is 13.3 Å². The summed E-state index contributed by atoms with van der Waals surface area (Å²) in [5.74, 6) is -0.294. The number of esters is 1. The van der Waals surface area contributed by atoms with E-state index in [1.54, 1.807) is 0 Å². The molecule has 2 fully saturated rings. The normalized spacial score (nSPS) is 29.2. The molecule has 5 heteroatoms. The molecule has 4 unspecified atom stereocenters. The van der Waals surface area contributed by atoms with E-state index in [9.17, 15) is 9.18 Å². The fraction of sp³-hybridized carbons (Fsp3) is 0.550. The van der Waals surface area contributed by atoms with Crippen molar-refractivity contribution in [3.05, 3.63) is 45.6 Å². The topological polar surface area (TPSA) is 29.5 Å². The molecular formula is C20H25FINO2. The average molecular weight is 456 g/mol. The minimum atomic E-state index is -0.623. The van der Waals surface area contributed by atoms with Gasteiger partial charge in [-0.2, -0.15) is 0 Å². The molecule has 0 radical (unpaired) electrons. The van der Waals surface area contributed by atoms with Crippen molar-refractivity contribution >= 4 is 28.6 Å². The summed E-state index contributed by atoms with van der Waals surface area (Å²) in [4.78, 5) is 15.2. The van der Waals surface area contributed by atoms with Crippen LogP contribution in [-0.2, 0) is 9.53 Å². The summed E-state index contributed by atoms with van der Waals surface area (Å²) in [5.41, 5.74) is 2.42. The van der Waals surface area contributed by atoms with Crippen LogP contribution in [0.5, 0.6) is 0 Å². The Morgan fingerprint density at radius 1 is 1.36 bits per heavy atom. The van der Waals surface area contributed by atoms with Crippen molar-refractivity contribution in [3.63, 3.8) is 0 Å². The van der Waals surface area contributed by atoms with E-state index in [1.165, 1.54) is 11.1 Å². The molecule has 1 aromatic carbocycles. The Morgan fingerprint density at radius 2 is 2.12 bits per heavy atom. The van der Waals surface area contributed by atoms with E-state index in [1.807, 2.05) is 4.08 Å². The number of hydrogen-bond acceptors (Lipinski definition) is 3. The average Bonchev–Trinajstić information content (AvgIpc) is 2.89. The summed E-state index contributed by atoms with van der Waals surface area (Å²) in [6, 6.07) is 9.17. The zero-order chi connectivity index (χ0) is 17.8. The monoisotopic (exact) mass is 456 g/mol. The van der Waals surface area contributed by atoms with Crippen molar-refractivity contribution in [2.45, 2.75) is 44.2 Å². The van der Waals surface area contributed by atoms with Gasteiger partial charge in [-0.25, -0.2) is 4.39 Å². The van der Waals surface area contributed by atoms with Gasteiger partial charge in [0.15, 0.2) is 0 Å². The van der Waals surface area contributed by atoms with Gasteiger partial charge in [-0.05, 0) is 35.8 Å². The molecule has 2 aliphatic rings. The SMILES string of the molecule is Cc1ccc(C2CC3CCC(C2C(=O)OCC[18F])N3C/C=C/I)cc1. The quantitative estimate of drug-likeness (QED) is 0.470. The lowest BCUT2D eigenvalue weighted by Crippen LogP contribution is -2.51. The molecule has 0 saturated carbocycles.